The molecule has 0 aromatic carbocycles. The van der Waals surface area contributed by atoms with E-state index in [1.807, 2.05) is 25.3 Å². The monoisotopic (exact) mass is 165 g/mol. The van der Waals surface area contributed by atoms with Crippen molar-refractivity contribution in [2.24, 2.45) is 11.8 Å². The zero-order valence-corrected chi connectivity index (χ0v) is 7.54. The average molecular weight is 165 g/mol. The molecule has 2 rings (SSSR count). The van der Waals surface area contributed by atoms with E-state index in [0.717, 1.165) is 12.1 Å². The molecule has 1 aliphatic rings. The Labute approximate surface area is 72.6 Å². The van der Waals surface area contributed by atoms with E-state index >= 15 is 0 Å². The fourth-order valence-corrected chi connectivity index (χ4v) is 1.95. The Morgan fingerprint density at radius 3 is 2.75 bits per heavy atom. The van der Waals surface area contributed by atoms with Crippen LogP contribution in [0.4, 0.5) is 0 Å². The molecule has 3 atom stereocenters. The van der Waals surface area contributed by atoms with E-state index in [2.05, 4.69) is 11.9 Å². The summed E-state index contributed by atoms with van der Waals surface area (Å²) in [5.74, 6) is 1.11. The maximum absolute atomic E-state index is 10.2. The van der Waals surface area contributed by atoms with E-state index in [1.165, 1.54) is 0 Å². The normalized spacial score (nSPS) is 32.9. The maximum Gasteiger partial charge on any atom is 0.105 e. The van der Waals surface area contributed by atoms with Crippen LogP contribution in [0.15, 0.2) is 18.3 Å². The van der Waals surface area contributed by atoms with Crippen LogP contribution < -0.4 is 0 Å². The zero-order valence-electron chi connectivity index (χ0n) is 7.54. The van der Waals surface area contributed by atoms with E-state index in [4.69, 9.17) is 0 Å². The third-order valence-corrected chi connectivity index (χ3v) is 2.97. The third kappa shape index (κ3) is 1.07. The van der Waals surface area contributed by atoms with Gasteiger partial charge in [-0.25, -0.2) is 0 Å². The summed E-state index contributed by atoms with van der Waals surface area (Å²) in [7, 11) is 0. The average Bonchev–Trinajstić information content (AvgIpc) is 2.53. The van der Waals surface area contributed by atoms with E-state index < -0.39 is 5.60 Å². The van der Waals surface area contributed by atoms with Crippen molar-refractivity contribution in [2.45, 2.75) is 25.9 Å². The molecule has 3 unspecified atom stereocenters. The zero-order chi connectivity index (χ0) is 8.77. The minimum Gasteiger partial charge on any atom is -0.384 e. The molecular formula is C10H15NO. The highest BCUT2D eigenvalue weighted by Crippen LogP contribution is 2.49. The van der Waals surface area contributed by atoms with Crippen LogP contribution in [0.3, 0.4) is 0 Å². The summed E-state index contributed by atoms with van der Waals surface area (Å²) in [6.45, 7) is 4.08. The maximum atomic E-state index is 10.2. The molecular weight excluding hydrogens is 150 g/mol. The molecule has 1 saturated carbocycles. The molecule has 1 heterocycles. The molecule has 66 valence electrons. The molecule has 2 heteroatoms. The van der Waals surface area contributed by atoms with Crippen molar-refractivity contribution in [1.29, 1.82) is 0 Å². The summed E-state index contributed by atoms with van der Waals surface area (Å²) in [6.07, 6.45) is 3.00. The summed E-state index contributed by atoms with van der Waals surface area (Å²) in [4.78, 5) is 3.07. The van der Waals surface area contributed by atoms with Gasteiger partial charge >= 0.3 is 0 Å². The molecule has 0 bridgehead atoms. The number of hydrogen-bond donors (Lipinski definition) is 2. The van der Waals surface area contributed by atoms with Gasteiger partial charge in [0.1, 0.15) is 5.60 Å². The van der Waals surface area contributed by atoms with Crippen LogP contribution in [-0.2, 0) is 5.60 Å². The number of nitrogens with one attached hydrogen (secondary N) is 1. The Morgan fingerprint density at radius 1 is 1.67 bits per heavy atom. The van der Waals surface area contributed by atoms with Crippen molar-refractivity contribution in [2.75, 3.05) is 0 Å². The number of aromatic amines is 1. The second-order valence-corrected chi connectivity index (χ2v) is 4.05. The number of hydrogen-bond acceptors (Lipinski definition) is 1. The lowest BCUT2D eigenvalue weighted by Gasteiger charge is -2.22. The highest BCUT2D eigenvalue weighted by molar-refractivity contribution is 5.17. The van der Waals surface area contributed by atoms with Gasteiger partial charge in [-0.1, -0.05) is 6.92 Å². The Balaban J connectivity index is 2.21. The summed E-state index contributed by atoms with van der Waals surface area (Å²) in [5, 5.41) is 10.2. The second-order valence-electron chi connectivity index (χ2n) is 4.05. The van der Waals surface area contributed by atoms with Gasteiger partial charge in [-0.15, -0.1) is 0 Å². The lowest BCUT2D eigenvalue weighted by molar-refractivity contribution is 0.0244. The van der Waals surface area contributed by atoms with Crippen LogP contribution in [0, 0.1) is 11.8 Å². The predicted octanol–water partition coefficient (Wildman–Crippen LogP) is 1.88. The highest BCUT2D eigenvalue weighted by atomic mass is 16.3. The van der Waals surface area contributed by atoms with Crippen LogP contribution in [0.1, 0.15) is 26.0 Å². The van der Waals surface area contributed by atoms with Gasteiger partial charge in [-0.3, -0.25) is 0 Å². The van der Waals surface area contributed by atoms with Crippen molar-refractivity contribution >= 4 is 0 Å². The first kappa shape index (κ1) is 7.87. The lowest BCUT2D eigenvalue weighted by Crippen LogP contribution is -2.25. The van der Waals surface area contributed by atoms with Crippen molar-refractivity contribution in [1.82, 2.24) is 4.98 Å². The minimum absolute atomic E-state index is 0.441. The summed E-state index contributed by atoms with van der Waals surface area (Å²) >= 11 is 0. The van der Waals surface area contributed by atoms with Gasteiger partial charge in [0.25, 0.3) is 0 Å². The molecule has 1 aliphatic carbocycles. The van der Waals surface area contributed by atoms with E-state index in [-0.39, 0.29) is 0 Å². The van der Waals surface area contributed by atoms with Crippen LogP contribution in [0.2, 0.25) is 0 Å². The number of H-pyrrole nitrogens is 1. The summed E-state index contributed by atoms with van der Waals surface area (Å²) < 4.78 is 0. The first-order valence-electron chi connectivity index (χ1n) is 4.48. The molecule has 0 amide bonds. The van der Waals surface area contributed by atoms with E-state index in [0.29, 0.717) is 11.8 Å². The van der Waals surface area contributed by atoms with Crippen molar-refractivity contribution in [3.8, 4) is 0 Å². The lowest BCUT2D eigenvalue weighted by atomic mass is 9.95. The Hall–Kier alpha value is -0.760. The topological polar surface area (TPSA) is 36.0 Å². The van der Waals surface area contributed by atoms with Gasteiger partial charge in [0.15, 0.2) is 0 Å². The fraction of sp³-hybridized carbons (Fsp3) is 0.600. The first-order valence-corrected chi connectivity index (χ1v) is 4.48. The standard InChI is InChI=1S/C10H15NO/c1-7-6-8(7)10(2,12)9-4-3-5-11-9/h3-5,7-8,11-12H,6H2,1-2H3. The van der Waals surface area contributed by atoms with Gasteiger partial charge < -0.3 is 10.1 Å². The largest absolute Gasteiger partial charge is 0.384 e. The van der Waals surface area contributed by atoms with E-state index in [1.54, 1.807) is 0 Å². The molecule has 0 spiro atoms. The second kappa shape index (κ2) is 2.36. The van der Waals surface area contributed by atoms with Crippen LogP contribution >= 0.6 is 0 Å². The van der Waals surface area contributed by atoms with Crippen molar-refractivity contribution in [3.63, 3.8) is 0 Å². The summed E-state index contributed by atoms with van der Waals surface area (Å²) in [5.41, 5.74) is 0.292. The molecule has 1 fully saturated rings. The summed E-state index contributed by atoms with van der Waals surface area (Å²) in [6, 6.07) is 3.88. The first-order chi connectivity index (χ1) is 5.62. The van der Waals surface area contributed by atoms with Gasteiger partial charge in [0.05, 0.1) is 0 Å². The van der Waals surface area contributed by atoms with Crippen LogP contribution in [0.5, 0.6) is 0 Å². The fourth-order valence-electron chi connectivity index (χ4n) is 1.95. The van der Waals surface area contributed by atoms with Gasteiger partial charge in [-0.2, -0.15) is 0 Å². The number of rotatable bonds is 2. The molecule has 0 saturated heterocycles. The quantitative estimate of drug-likeness (QED) is 0.689. The number of aromatic nitrogens is 1. The van der Waals surface area contributed by atoms with Gasteiger partial charge in [-0.05, 0) is 37.3 Å². The Morgan fingerprint density at radius 2 is 2.33 bits per heavy atom. The van der Waals surface area contributed by atoms with Crippen LogP contribution in [0.25, 0.3) is 0 Å². The minimum atomic E-state index is -0.650. The molecule has 12 heavy (non-hydrogen) atoms. The van der Waals surface area contributed by atoms with Gasteiger partial charge in [0, 0.05) is 11.9 Å². The predicted molar refractivity (Wildman–Crippen MR) is 47.6 cm³/mol. The SMILES string of the molecule is CC1CC1C(C)(O)c1ccc[nH]1. The number of aliphatic hydroxyl groups is 1. The molecule has 1 aromatic rings. The van der Waals surface area contributed by atoms with E-state index in [9.17, 15) is 5.11 Å². The molecule has 2 N–H and O–H groups in total. The van der Waals surface area contributed by atoms with Crippen molar-refractivity contribution < 1.29 is 5.11 Å². The molecule has 0 aliphatic heterocycles. The van der Waals surface area contributed by atoms with Crippen molar-refractivity contribution in [3.05, 3.63) is 24.0 Å². The Bertz CT molecular complexity index is 263. The Kier molecular flexibility index (Phi) is 1.55. The molecule has 0 radical (unpaired) electrons. The molecule has 1 aromatic heterocycles. The van der Waals surface area contributed by atoms with Gasteiger partial charge in [0.2, 0.25) is 0 Å². The third-order valence-electron chi connectivity index (χ3n) is 2.97. The highest BCUT2D eigenvalue weighted by Gasteiger charge is 2.47. The van der Waals surface area contributed by atoms with Crippen LogP contribution in [-0.4, -0.2) is 10.1 Å². The smallest absolute Gasteiger partial charge is 0.105 e. The molecule has 2 nitrogen and oxygen atoms in total.